The van der Waals surface area contributed by atoms with E-state index in [2.05, 4.69) is 5.32 Å². The number of carbonyl (C=O) groups excluding carboxylic acids is 1. The van der Waals surface area contributed by atoms with Gasteiger partial charge >= 0.3 is 0 Å². The Balaban J connectivity index is 1.77. The van der Waals surface area contributed by atoms with E-state index in [1.807, 2.05) is 12.1 Å². The van der Waals surface area contributed by atoms with Crippen LogP contribution in [0.25, 0.3) is 0 Å². The molecule has 0 fully saturated rings. The van der Waals surface area contributed by atoms with Crippen LogP contribution >= 0.6 is 11.6 Å². The number of hydrogen-bond donors (Lipinski definition) is 1. The van der Waals surface area contributed by atoms with Gasteiger partial charge in [0, 0.05) is 24.8 Å². The van der Waals surface area contributed by atoms with Crippen molar-refractivity contribution < 1.29 is 17.9 Å². The van der Waals surface area contributed by atoms with Crippen molar-refractivity contribution in [2.24, 2.45) is 0 Å². The van der Waals surface area contributed by atoms with Crippen LogP contribution in [0.1, 0.15) is 15.9 Å². The van der Waals surface area contributed by atoms with E-state index in [1.165, 1.54) is 26.2 Å². The fraction of sp³-hybridized carbons (Fsp3) is 0.136. The third-order valence-electron chi connectivity index (χ3n) is 4.31. The lowest BCUT2D eigenvalue weighted by Crippen LogP contribution is -2.22. The molecule has 6 nitrogen and oxygen atoms in total. The molecule has 3 aromatic rings. The molecule has 0 bridgehead atoms. The highest BCUT2D eigenvalue weighted by Gasteiger charge is 2.18. The zero-order chi connectivity index (χ0) is 21.7. The molecule has 0 saturated carbocycles. The number of benzene rings is 3. The number of hydrogen-bond acceptors (Lipinski definition) is 4. The summed E-state index contributed by atoms with van der Waals surface area (Å²) in [5, 5.41) is 3.37. The van der Waals surface area contributed by atoms with Crippen molar-refractivity contribution in [1.82, 2.24) is 4.31 Å². The molecule has 0 spiro atoms. The molecule has 0 atom stereocenters. The van der Waals surface area contributed by atoms with Gasteiger partial charge in [-0.2, -0.15) is 0 Å². The van der Waals surface area contributed by atoms with Crippen LogP contribution in [0.3, 0.4) is 0 Å². The summed E-state index contributed by atoms with van der Waals surface area (Å²) >= 11 is 5.90. The Morgan fingerprint density at radius 2 is 1.70 bits per heavy atom. The number of anilines is 1. The quantitative estimate of drug-likeness (QED) is 0.585. The standard InChI is InChI=1S/C22H21ClN2O4S/c1-25(2)30(27,28)19-7-5-6-18(14-19)24-22(26)20-8-3-4-9-21(20)29-15-16-10-12-17(23)13-11-16/h3-14H,15H2,1-2H3,(H,24,26). The number of nitrogens with one attached hydrogen (secondary N) is 1. The third kappa shape index (κ3) is 5.18. The summed E-state index contributed by atoms with van der Waals surface area (Å²) in [6, 6.07) is 20.2. The zero-order valence-corrected chi connectivity index (χ0v) is 18.1. The second kappa shape index (κ2) is 9.30. The monoisotopic (exact) mass is 444 g/mol. The van der Waals surface area contributed by atoms with E-state index in [4.69, 9.17) is 16.3 Å². The summed E-state index contributed by atoms with van der Waals surface area (Å²) in [5.41, 5.74) is 1.62. The van der Waals surface area contributed by atoms with Gasteiger partial charge in [-0.05, 0) is 48.0 Å². The normalized spacial score (nSPS) is 11.3. The highest BCUT2D eigenvalue weighted by Crippen LogP contribution is 2.23. The average Bonchev–Trinajstić information content (AvgIpc) is 2.73. The molecular formula is C22H21ClN2O4S. The predicted octanol–water partition coefficient (Wildman–Crippen LogP) is 4.42. The maximum Gasteiger partial charge on any atom is 0.259 e. The van der Waals surface area contributed by atoms with Gasteiger partial charge < -0.3 is 10.1 Å². The Morgan fingerprint density at radius 3 is 2.40 bits per heavy atom. The number of para-hydroxylation sites is 1. The van der Waals surface area contributed by atoms with Crippen molar-refractivity contribution in [2.75, 3.05) is 19.4 Å². The SMILES string of the molecule is CN(C)S(=O)(=O)c1cccc(NC(=O)c2ccccc2OCc2ccc(Cl)cc2)c1. The molecule has 1 amide bonds. The van der Waals surface area contributed by atoms with Gasteiger partial charge in [0.2, 0.25) is 10.0 Å². The molecule has 30 heavy (non-hydrogen) atoms. The van der Waals surface area contributed by atoms with E-state index < -0.39 is 15.9 Å². The summed E-state index contributed by atoms with van der Waals surface area (Å²) in [4.78, 5) is 12.9. The van der Waals surface area contributed by atoms with Crippen LogP contribution in [-0.2, 0) is 16.6 Å². The topological polar surface area (TPSA) is 75.7 Å². The summed E-state index contributed by atoms with van der Waals surface area (Å²) in [6.45, 7) is 0.276. The number of carbonyl (C=O) groups is 1. The number of ether oxygens (including phenoxy) is 1. The zero-order valence-electron chi connectivity index (χ0n) is 16.5. The molecule has 0 radical (unpaired) electrons. The Hall–Kier alpha value is -2.87. The maximum absolute atomic E-state index is 12.8. The lowest BCUT2D eigenvalue weighted by molar-refractivity contribution is 0.102. The van der Waals surface area contributed by atoms with Gasteiger partial charge in [-0.3, -0.25) is 4.79 Å². The smallest absolute Gasteiger partial charge is 0.259 e. The van der Waals surface area contributed by atoms with Crippen molar-refractivity contribution in [3.63, 3.8) is 0 Å². The molecule has 0 unspecified atom stereocenters. The van der Waals surface area contributed by atoms with Crippen molar-refractivity contribution in [1.29, 1.82) is 0 Å². The summed E-state index contributed by atoms with van der Waals surface area (Å²) in [5.74, 6) is 0.0168. The minimum atomic E-state index is -3.60. The molecule has 0 aliphatic heterocycles. The van der Waals surface area contributed by atoms with Gasteiger partial charge in [0.25, 0.3) is 5.91 Å². The van der Waals surface area contributed by atoms with Crippen LogP contribution in [-0.4, -0.2) is 32.7 Å². The van der Waals surface area contributed by atoms with Crippen LogP contribution in [0.15, 0.2) is 77.7 Å². The summed E-state index contributed by atoms with van der Waals surface area (Å²) in [7, 11) is -0.696. The predicted molar refractivity (Wildman–Crippen MR) is 117 cm³/mol. The van der Waals surface area contributed by atoms with Crippen LogP contribution in [0, 0.1) is 0 Å². The molecule has 0 heterocycles. The van der Waals surface area contributed by atoms with Gasteiger partial charge in [0.1, 0.15) is 12.4 Å². The molecule has 3 aromatic carbocycles. The van der Waals surface area contributed by atoms with Gasteiger partial charge in [-0.15, -0.1) is 0 Å². The van der Waals surface area contributed by atoms with Crippen molar-refractivity contribution in [3.05, 3.63) is 88.9 Å². The average molecular weight is 445 g/mol. The van der Waals surface area contributed by atoms with Crippen LogP contribution in [0.4, 0.5) is 5.69 Å². The number of halogens is 1. The Kier molecular flexibility index (Phi) is 6.77. The molecule has 0 aromatic heterocycles. The minimum Gasteiger partial charge on any atom is -0.488 e. The number of sulfonamides is 1. The molecular weight excluding hydrogens is 424 g/mol. The van der Waals surface area contributed by atoms with Crippen LogP contribution in [0.2, 0.25) is 5.02 Å². The summed E-state index contributed by atoms with van der Waals surface area (Å²) in [6.07, 6.45) is 0. The number of amides is 1. The second-order valence-electron chi connectivity index (χ2n) is 6.68. The van der Waals surface area contributed by atoms with E-state index in [-0.39, 0.29) is 11.5 Å². The molecule has 8 heteroatoms. The molecule has 0 saturated heterocycles. The Bertz CT molecular complexity index is 1150. The number of rotatable bonds is 7. The maximum atomic E-state index is 12.8. The minimum absolute atomic E-state index is 0.0950. The first-order valence-corrected chi connectivity index (χ1v) is 10.9. The molecule has 0 aliphatic rings. The first kappa shape index (κ1) is 21.8. The number of nitrogens with zero attached hydrogens (tertiary/aromatic N) is 1. The van der Waals surface area contributed by atoms with Gasteiger partial charge in [0.05, 0.1) is 10.5 Å². The van der Waals surface area contributed by atoms with Gasteiger partial charge in [-0.25, -0.2) is 12.7 Å². The van der Waals surface area contributed by atoms with E-state index >= 15 is 0 Å². The molecule has 156 valence electrons. The molecule has 3 rings (SSSR count). The van der Waals surface area contributed by atoms with Gasteiger partial charge in [0.15, 0.2) is 0 Å². The lowest BCUT2D eigenvalue weighted by Gasteiger charge is -2.14. The molecule has 1 N–H and O–H groups in total. The third-order valence-corrected chi connectivity index (χ3v) is 6.37. The van der Waals surface area contributed by atoms with E-state index in [0.717, 1.165) is 9.87 Å². The highest BCUT2D eigenvalue weighted by molar-refractivity contribution is 7.89. The fourth-order valence-electron chi connectivity index (χ4n) is 2.67. The van der Waals surface area contributed by atoms with Crippen molar-refractivity contribution >= 4 is 33.2 Å². The first-order chi connectivity index (χ1) is 14.3. The van der Waals surface area contributed by atoms with Gasteiger partial charge in [-0.1, -0.05) is 41.9 Å². The second-order valence-corrected chi connectivity index (χ2v) is 9.27. The Morgan fingerprint density at radius 1 is 1.00 bits per heavy atom. The Labute approximate surface area is 181 Å². The molecule has 0 aliphatic carbocycles. The van der Waals surface area contributed by atoms with E-state index in [1.54, 1.807) is 48.5 Å². The van der Waals surface area contributed by atoms with E-state index in [9.17, 15) is 13.2 Å². The highest BCUT2D eigenvalue weighted by atomic mass is 35.5. The van der Waals surface area contributed by atoms with E-state index in [0.29, 0.717) is 22.0 Å². The summed E-state index contributed by atoms with van der Waals surface area (Å²) < 4.78 is 31.6. The first-order valence-electron chi connectivity index (χ1n) is 9.07. The van der Waals surface area contributed by atoms with Crippen LogP contribution in [0.5, 0.6) is 5.75 Å². The van der Waals surface area contributed by atoms with Crippen molar-refractivity contribution in [2.45, 2.75) is 11.5 Å². The fourth-order valence-corrected chi connectivity index (χ4v) is 3.74. The van der Waals surface area contributed by atoms with Crippen LogP contribution < -0.4 is 10.1 Å². The largest absolute Gasteiger partial charge is 0.488 e. The van der Waals surface area contributed by atoms with Crippen molar-refractivity contribution in [3.8, 4) is 5.75 Å². The lowest BCUT2D eigenvalue weighted by atomic mass is 10.1.